The van der Waals surface area contributed by atoms with Crippen molar-refractivity contribution in [1.29, 1.82) is 0 Å². The molecule has 0 aromatic heterocycles. The van der Waals surface area contributed by atoms with Gasteiger partial charge in [-0.2, -0.15) is 0 Å². The van der Waals surface area contributed by atoms with Crippen LogP contribution in [0, 0.1) is 0 Å². The maximum Gasteiger partial charge on any atom is 0.0345 e. The molecule has 1 fully saturated rings. The number of nitrogens with zero attached hydrogens (tertiary/aromatic N) is 1. The highest BCUT2D eigenvalue weighted by atomic mass is 15.2. The van der Waals surface area contributed by atoms with Crippen molar-refractivity contribution < 1.29 is 0 Å². The summed E-state index contributed by atoms with van der Waals surface area (Å²) in [5, 5.41) is 3.31. The molecule has 0 amide bonds. The molecule has 0 spiro atoms. The molecule has 0 aliphatic carbocycles. The number of aryl methyl sites for hydroxylation is 1. The lowest BCUT2D eigenvalue weighted by Gasteiger charge is -2.35. The van der Waals surface area contributed by atoms with E-state index in [4.69, 9.17) is 0 Å². The first-order valence-corrected chi connectivity index (χ1v) is 6.28. The van der Waals surface area contributed by atoms with Crippen molar-refractivity contribution in [2.75, 3.05) is 20.1 Å². The van der Waals surface area contributed by atoms with Crippen LogP contribution >= 0.6 is 0 Å². The second kappa shape index (κ2) is 5.46. The van der Waals surface area contributed by atoms with Crippen LogP contribution in [-0.2, 0) is 13.0 Å². The molecule has 1 N–H and O–H groups in total. The molecule has 2 rings (SSSR count). The predicted molar refractivity (Wildman–Crippen MR) is 68.6 cm³/mol. The molecule has 1 aliphatic rings. The van der Waals surface area contributed by atoms with E-state index in [0.29, 0.717) is 0 Å². The highest BCUT2D eigenvalue weighted by Crippen LogP contribution is 2.11. The monoisotopic (exact) mass is 218 g/mol. The molecular weight excluding hydrogens is 196 g/mol. The third-order valence-electron chi connectivity index (χ3n) is 3.38. The van der Waals surface area contributed by atoms with Crippen LogP contribution in [0.25, 0.3) is 0 Å². The molecule has 0 saturated carbocycles. The van der Waals surface area contributed by atoms with Crippen molar-refractivity contribution in [3.05, 3.63) is 35.4 Å². The Bertz CT molecular complexity index is 314. The Morgan fingerprint density at radius 2 is 1.81 bits per heavy atom. The van der Waals surface area contributed by atoms with Crippen LogP contribution < -0.4 is 5.32 Å². The Hall–Kier alpha value is -0.860. The summed E-state index contributed by atoms with van der Waals surface area (Å²) in [5.41, 5.74) is 2.88. The molecule has 1 saturated heterocycles. The average Bonchev–Trinajstić information content (AvgIpc) is 2.18. The maximum atomic E-state index is 3.31. The van der Waals surface area contributed by atoms with E-state index in [-0.39, 0.29) is 0 Å². The molecule has 1 aromatic rings. The Balaban J connectivity index is 1.88. The largest absolute Gasteiger partial charge is 0.314 e. The second-order valence-electron chi connectivity index (χ2n) is 4.79. The summed E-state index contributed by atoms with van der Waals surface area (Å²) in [6.45, 7) is 5.58. The third-order valence-corrected chi connectivity index (χ3v) is 3.38. The Morgan fingerprint density at radius 3 is 2.31 bits per heavy atom. The van der Waals surface area contributed by atoms with E-state index < -0.39 is 0 Å². The van der Waals surface area contributed by atoms with Gasteiger partial charge in [0, 0.05) is 25.7 Å². The standard InChI is InChI=1S/C14H22N2/c1-3-4-12-5-7-13(8-6-12)11-16(2)14-9-15-10-14/h5-8,14-15H,3-4,9-11H2,1-2H3. The van der Waals surface area contributed by atoms with Gasteiger partial charge in [-0.15, -0.1) is 0 Å². The lowest BCUT2D eigenvalue weighted by atomic mass is 10.1. The Labute approximate surface area is 98.7 Å². The van der Waals surface area contributed by atoms with Crippen LogP contribution in [0.1, 0.15) is 24.5 Å². The fourth-order valence-electron chi connectivity index (χ4n) is 2.10. The minimum absolute atomic E-state index is 0.732. The molecule has 2 nitrogen and oxygen atoms in total. The third kappa shape index (κ3) is 2.83. The van der Waals surface area contributed by atoms with Crippen LogP contribution in [0.15, 0.2) is 24.3 Å². The summed E-state index contributed by atoms with van der Waals surface area (Å²) in [4.78, 5) is 2.44. The van der Waals surface area contributed by atoms with Crippen molar-refractivity contribution >= 4 is 0 Å². The molecule has 1 aromatic carbocycles. The van der Waals surface area contributed by atoms with E-state index in [1.807, 2.05) is 0 Å². The Morgan fingerprint density at radius 1 is 1.19 bits per heavy atom. The van der Waals surface area contributed by atoms with Crippen LogP contribution in [0.4, 0.5) is 0 Å². The lowest BCUT2D eigenvalue weighted by molar-refractivity contribution is 0.173. The van der Waals surface area contributed by atoms with Gasteiger partial charge in [0.2, 0.25) is 0 Å². The van der Waals surface area contributed by atoms with Gasteiger partial charge in [-0.1, -0.05) is 37.6 Å². The maximum absolute atomic E-state index is 3.31. The van der Waals surface area contributed by atoms with Gasteiger partial charge in [0.25, 0.3) is 0 Å². The van der Waals surface area contributed by atoms with Crippen molar-refractivity contribution in [3.8, 4) is 0 Å². The van der Waals surface area contributed by atoms with Gasteiger partial charge in [0.15, 0.2) is 0 Å². The number of rotatable bonds is 5. The van der Waals surface area contributed by atoms with Crippen molar-refractivity contribution in [1.82, 2.24) is 10.2 Å². The number of nitrogens with one attached hydrogen (secondary N) is 1. The molecule has 0 radical (unpaired) electrons. The van der Waals surface area contributed by atoms with Gasteiger partial charge in [0.05, 0.1) is 0 Å². The van der Waals surface area contributed by atoms with Gasteiger partial charge in [-0.3, -0.25) is 4.90 Å². The first kappa shape index (κ1) is 11.6. The average molecular weight is 218 g/mol. The molecule has 88 valence electrons. The summed E-state index contributed by atoms with van der Waals surface area (Å²) in [6, 6.07) is 9.81. The fraction of sp³-hybridized carbons (Fsp3) is 0.571. The minimum Gasteiger partial charge on any atom is -0.314 e. The topological polar surface area (TPSA) is 15.3 Å². The lowest BCUT2D eigenvalue weighted by Crippen LogP contribution is -2.55. The van der Waals surface area contributed by atoms with Gasteiger partial charge >= 0.3 is 0 Å². The number of hydrogen-bond donors (Lipinski definition) is 1. The zero-order valence-electron chi connectivity index (χ0n) is 10.4. The van der Waals surface area contributed by atoms with Crippen LogP contribution in [0.3, 0.4) is 0 Å². The van der Waals surface area contributed by atoms with Crippen molar-refractivity contribution in [3.63, 3.8) is 0 Å². The number of likely N-dealkylation sites (N-methyl/N-ethyl adjacent to an activating group) is 1. The number of hydrogen-bond acceptors (Lipinski definition) is 2. The van der Waals surface area contributed by atoms with E-state index in [1.54, 1.807) is 0 Å². The van der Waals surface area contributed by atoms with Gasteiger partial charge in [-0.05, 0) is 24.6 Å². The van der Waals surface area contributed by atoms with Crippen LogP contribution in [0.2, 0.25) is 0 Å². The first-order valence-electron chi connectivity index (χ1n) is 6.28. The van der Waals surface area contributed by atoms with Gasteiger partial charge in [0.1, 0.15) is 0 Å². The molecule has 0 unspecified atom stereocenters. The van der Waals surface area contributed by atoms with Gasteiger partial charge in [-0.25, -0.2) is 0 Å². The molecule has 1 aliphatic heterocycles. The Kier molecular flexibility index (Phi) is 3.97. The SMILES string of the molecule is CCCc1ccc(CN(C)C2CNC2)cc1. The van der Waals surface area contributed by atoms with Crippen molar-refractivity contribution in [2.24, 2.45) is 0 Å². The highest BCUT2D eigenvalue weighted by molar-refractivity contribution is 5.22. The highest BCUT2D eigenvalue weighted by Gasteiger charge is 2.20. The zero-order chi connectivity index (χ0) is 11.4. The summed E-state index contributed by atoms with van der Waals surface area (Å²) < 4.78 is 0. The molecule has 1 heterocycles. The molecule has 2 heteroatoms. The quantitative estimate of drug-likeness (QED) is 0.813. The normalized spacial score (nSPS) is 16.4. The summed E-state index contributed by atoms with van der Waals surface area (Å²) >= 11 is 0. The second-order valence-corrected chi connectivity index (χ2v) is 4.79. The van der Waals surface area contributed by atoms with Crippen LogP contribution in [0.5, 0.6) is 0 Å². The zero-order valence-corrected chi connectivity index (χ0v) is 10.4. The van der Waals surface area contributed by atoms with Gasteiger partial charge < -0.3 is 5.32 Å². The molecular formula is C14H22N2. The van der Waals surface area contributed by atoms with E-state index in [0.717, 1.165) is 25.7 Å². The smallest absolute Gasteiger partial charge is 0.0345 e. The minimum atomic E-state index is 0.732. The molecule has 16 heavy (non-hydrogen) atoms. The van der Waals surface area contributed by atoms with Crippen molar-refractivity contribution in [2.45, 2.75) is 32.4 Å². The van der Waals surface area contributed by atoms with E-state index >= 15 is 0 Å². The summed E-state index contributed by atoms with van der Waals surface area (Å²) in [7, 11) is 2.21. The van der Waals surface area contributed by atoms with E-state index in [1.165, 1.54) is 24.0 Å². The molecule has 0 bridgehead atoms. The number of benzene rings is 1. The molecule has 0 atom stereocenters. The fourth-order valence-corrected chi connectivity index (χ4v) is 2.10. The first-order chi connectivity index (χ1) is 7.79. The summed E-state index contributed by atoms with van der Waals surface area (Å²) in [6.07, 6.45) is 2.43. The predicted octanol–water partition coefficient (Wildman–Crippen LogP) is 2.04. The van der Waals surface area contributed by atoms with Crippen LogP contribution in [-0.4, -0.2) is 31.1 Å². The van der Waals surface area contributed by atoms with E-state index in [9.17, 15) is 0 Å². The summed E-state index contributed by atoms with van der Waals surface area (Å²) in [5.74, 6) is 0. The van der Waals surface area contributed by atoms with E-state index in [2.05, 4.69) is 48.5 Å².